The topological polar surface area (TPSA) is 114 Å². The molecule has 0 aromatic carbocycles. The van der Waals surface area contributed by atoms with Gasteiger partial charge < -0.3 is 25.8 Å². The predicted octanol–water partition coefficient (Wildman–Crippen LogP) is -1.92. The number of hydrogen-bond donors (Lipinski definition) is 4. The molecule has 5 N–H and O–H groups in total. The lowest BCUT2D eigenvalue weighted by molar-refractivity contribution is -0.0517. The van der Waals surface area contributed by atoms with Gasteiger partial charge in [-0.2, -0.15) is 0 Å². The first-order valence-corrected chi connectivity index (χ1v) is 4.55. The maximum absolute atomic E-state index is 9.66. The van der Waals surface area contributed by atoms with Crippen LogP contribution in [0.25, 0.3) is 0 Å². The van der Waals surface area contributed by atoms with Gasteiger partial charge in [-0.1, -0.05) is 0 Å². The summed E-state index contributed by atoms with van der Waals surface area (Å²) in [7, 11) is 0. The van der Waals surface area contributed by atoms with Gasteiger partial charge in [-0.15, -0.1) is 0 Å². The fraction of sp³-hybridized carbons (Fsp3) is 0.625. The molecule has 7 heteroatoms. The van der Waals surface area contributed by atoms with Gasteiger partial charge in [0.05, 0.1) is 19.1 Å². The van der Waals surface area contributed by atoms with Crippen molar-refractivity contribution >= 4 is 5.82 Å². The molecule has 1 aliphatic rings. The maximum Gasteiger partial charge on any atom is 0.165 e. The summed E-state index contributed by atoms with van der Waals surface area (Å²) in [5.74, 6) is 0.324. The molecule has 7 nitrogen and oxygen atoms in total. The largest absolute Gasteiger partial charge is 0.394 e. The summed E-state index contributed by atoms with van der Waals surface area (Å²) >= 11 is 0. The highest BCUT2D eigenvalue weighted by Gasteiger charge is 2.43. The second kappa shape index (κ2) is 3.78. The zero-order valence-corrected chi connectivity index (χ0v) is 7.89. The number of rotatable bonds is 2. The van der Waals surface area contributed by atoms with Crippen LogP contribution in [-0.4, -0.2) is 49.8 Å². The molecule has 0 unspecified atom stereocenters. The van der Waals surface area contributed by atoms with Crippen LogP contribution in [0.15, 0.2) is 12.5 Å². The van der Waals surface area contributed by atoms with Crippen LogP contribution in [0.4, 0.5) is 5.82 Å². The second-order valence-electron chi connectivity index (χ2n) is 3.45. The smallest absolute Gasteiger partial charge is 0.165 e. The summed E-state index contributed by atoms with van der Waals surface area (Å²) in [5.41, 5.74) is 5.58. The maximum atomic E-state index is 9.66. The van der Waals surface area contributed by atoms with Crippen LogP contribution in [0.2, 0.25) is 0 Å². The molecule has 1 aliphatic heterocycles. The normalized spacial score (nSPS) is 35.9. The molecule has 0 spiro atoms. The molecule has 15 heavy (non-hydrogen) atoms. The van der Waals surface area contributed by atoms with E-state index < -0.39 is 24.5 Å². The number of nitrogen functional groups attached to an aromatic ring is 1. The van der Waals surface area contributed by atoms with Crippen LogP contribution < -0.4 is 5.73 Å². The molecule has 0 bridgehead atoms. The molecule has 84 valence electrons. The van der Waals surface area contributed by atoms with E-state index in [1.54, 1.807) is 0 Å². The third kappa shape index (κ3) is 1.59. The molecule has 1 aromatic heterocycles. The van der Waals surface area contributed by atoms with Crippen molar-refractivity contribution in [1.29, 1.82) is 0 Å². The lowest BCUT2D eigenvalue weighted by Gasteiger charge is -2.16. The predicted molar refractivity (Wildman–Crippen MR) is 49.6 cm³/mol. The average Bonchev–Trinajstić information content (AvgIpc) is 2.74. The van der Waals surface area contributed by atoms with E-state index in [1.807, 2.05) is 0 Å². The molecule has 2 rings (SSSR count). The number of aliphatic hydroxyl groups excluding tert-OH is 3. The molecule has 2 heterocycles. The Balaban J connectivity index is 2.22. The fourth-order valence-corrected chi connectivity index (χ4v) is 1.64. The molecular weight excluding hydrogens is 203 g/mol. The first-order valence-electron chi connectivity index (χ1n) is 4.55. The van der Waals surface area contributed by atoms with Gasteiger partial charge in [-0.05, 0) is 0 Å². The van der Waals surface area contributed by atoms with E-state index in [2.05, 4.69) is 4.98 Å². The van der Waals surface area contributed by atoms with Gasteiger partial charge in [0.2, 0.25) is 0 Å². The Hall–Kier alpha value is -1.15. The Morgan fingerprint density at radius 2 is 2.20 bits per heavy atom. The number of imidazole rings is 1. The molecule has 1 aromatic rings. The van der Waals surface area contributed by atoms with Gasteiger partial charge in [0.25, 0.3) is 0 Å². The molecule has 0 radical (unpaired) electrons. The van der Waals surface area contributed by atoms with Crippen LogP contribution in [-0.2, 0) is 4.74 Å². The van der Waals surface area contributed by atoms with Crippen molar-refractivity contribution in [3.05, 3.63) is 12.5 Å². The van der Waals surface area contributed by atoms with Crippen LogP contribution in [0, 0.1) is 0 Å². The van der Waals surface area contributed by atoms with Crippen molar-refractivity contribution in [2.45, 2.75) is 24.5 Å². The molecular formula is C8H13N3O4. The first kappa shape index (κ1) is 10.4. The van der Waals surface area contributed by atoms with Crippen molar-refractivity contribution in [1.82, 2.24) is 9.55 Å². The van der Waals surface area contributed by atoms with Crippen LogP contribution in [0.1, 0.15) is 6.23 Å². The molecule has 0 amide bonds. The van der Waals surface area contributed by atoms with Gasteiger partial charge in [-0.3, -0.25) is 4.57 Å². The summed E-state index contributed by atoms with van der Waals surface area (Å²) in [6, 6.07) is 0. The van der Waals surface area contributed by atoms with Crippen molar-refractivity contribution in [3.8, 4) is 0 Å². The second-order valence-corrected chi connectivity index (χ2v) is 3.45. The Bertz CT molecular complexity index is 342. The standard InChI is InChI=1S/C8H13N3O4/c9-5-1-10-3-11(5)8-7(14)6(13)4(2-12)15-8/h1,3-4,6-8,12-14H,2,9H2/t4-,6-,7-,8-/m1/s1/i2+1. The van der Waals surface area contributed by atoms with E-state index in [0.29, 0.717) is 5.82 Å². The van der Waals surface area contributed by atoms with E-state index in [4.69, 9.17) is 15.6 Å². The average molecular weight is 216 g/mol. The van der Waals surface area contributed by atoms with Gasteiger partial charge in [0, 0.05) is 0 Å². The third-order valence-electron chi connectivity index (χ3n) is 2.49. The zero-order valence-electron chi connectivity index (χ0n) is 7.89. The number of nitrogens with zero attached hydrogens (tertiary/aromatic N) is 2. The summed E-state index contributed by atoms with van der Waals surface area (Å²) in [4.78, 5) is 3.78. The number of aromatic nitrogens is 2. The molecule has 0 aliphatic carbocycles. The SMILES string of the molecule is Nc1cncn1[C@@H]1O[C@H]([13CH2]O)[C@@H](O)[C@H]1O. The molecule has 4 atom stereocenters. The highest BCUT2D eigenvalue weighted by molar-refractivity contribution is 5.25. The lowest BCUT2D eigenvalue weighted by atomic mass is 10.2. The number of nitrogens with two attached hydrogens (primary N) is 1. The van der Waals surface area contributed by atoms with Crippen LogP contribution in [0.5, 0.6) is 0 Å². The minimum absolute atomic E-state index is 0.324. The van der Waals surface area contributed by atoms with Gasteiger partial charge in [-0.25, -0.2) is 4.98 Å². The minimum Gasteiger partial charge on any atom is -0.394 e. The molecule has 1 fully saturated rings. The summed E-state index contributed by atoms with van der Waals surface area (Å²) in [5, 5.41) is 28.1. The van der Waals surface area contributed by atoms with Crippen molar-refractivity contribution < 1.29 is 20.1 Å². The number of hydrogen-bond acceptors (Lipinski definition) is 6. The van der Waals surface area contributed by atoms with E-state index in [0.717, 1.165) is 0 Å². The number of anilines is 1. The molecule has 1 saturated heterocycles. The number of aliphatic hydroxyl groups is 3. The third-order valence-corrected chi connectivity index (χ3v) is 2.49. The number of ether oxygens (including phenoxy) is 1. The highest BCUT2D eigenvalue weighted by atomic mass is 16.6. The Morgan fingerprint density at radius 1 is 1.47 bits per heavy atom. The minimum atomic E-state index is -1.13. The van der Waals surface area contributed by atoms with E-state index in [1.165, 1.54) is 17.1 Å². The fourth-order valence-electron chi connectivity index (χ4n) is 1.64. The van der Waals surface area contributed by atoms with Crippen molar-refractivity contribution in [2.75, 3.05) is 12.3 Å². The van der Waals surface area contributed by atoms with Crippen molar-refractivity contribution in [3.63, 3.8) is 0 Å². The summed E-state index contributed by atoms with van der Waals surface area (Å²) < 4.78 is 6.66. The summed E-state index contributed by atoms with van der Waals surface area (Å²) in [6.07, 6.45) is -1.04. The van der Waals surface area contributed by atoms with Crippen LogP contribution in [0.3, 0.4) is 0 Å². The lowest BCUT2D eigenvalue weighted by Crippen LogP contribution is -2.33. The Labute approximate surface area is 85.7 Å². The van der Waals surface area contributed by atoms with Gasteiger partial charge in [0.15, 0.2) is 6.23 Å². The van der Waals surface area contributed by atoms with E-state index >= 15 is 0 Å². The monoisotopic (exact) mass is 216 g/mol. The summed E-state index contributed by atoms with van der Waals surface area (Å²) in [6.45, 7) is -0.358. The van der Waals surface area contributed by atoms with Gasteiger partial charge in [0.1, 0.15) is 24.1 Å². The first-order chi connectivity index (χ1) is 7.15. The van der Waals surface area contributed by atoms with E-state index in [-0.39, 0.29) is 6.61 Å². The van der Waals surface area contributed by atoms with Crippen LogP contribution >= 0.6 is 0 Å². The Kier molecular flexibility index (Phi) is 2.61. The van der Waals surface area contributed by atoms with E-state index in [9.17, 15) is 10.2 Å². The Morgan fingerprint density at radius 3 is 2.67 bits per heavy atom. The zero-order chi connectivity index (χ0) is 11.0. The van der Waals surface area contributed by atoms with Gasteiger partial charge >= 0.3 is 0 Å². The highest BCUT2D eigenvalue weighted by Crippen LogP contribution is 2.30. The van der Waals surface area contributed by atoms with Crippen molar-refractivity contribution in [2.24, 2.45) is 0 Å². The molecule has 0 saturated carbocycles. The quantitative estimate of drug-likeness (QED) is 0.428.